The smallest absolute Gasteiger partial charge is 0.234 e. The summed E-state index contributed by atoms with van der Waals surface area (Å²) in [7, 11) is 0. The van der Waals surface area contributed by atoms with E-state index >= 15 is 0 Å². The molecule has 0 aliphatic rings. The van der Waals surface area contributed by atoms with Crippen molar-refractivity contribution >= 4 is 39.8 Å². The van der Waals surface area contributed by atoms with Gasteiger partial charge in [-0.1, -0.05) is 42.1 Å². The van der Waals surface area contributed by atoms with Crippen LogP contribution in [0, 0.1) is 0 Å². The number of nitrogens with one attached hydrogen (secondary N) is 2. The van der Waals surface area contributed by atoms with E-state index < -0.39 is 0 Å². The molecular weight excluding hydrogens is 468 g/mol. The largest absolute Gasteiger partial charge is 0.494 e. The predicted octanol–water partition coefficient (Wildman–Crippen LogP) is 5.16. The van der Waals surface area contributed by atoms with Gasteiger partial charge >= 0.3 is 0 Å². The summed E-state index contributed by atoms with van der Waals surface area (Å²) in [6.45, 7) is 5.79. The van der Waals surface area contributed by atoms with E-state index in [0.29, 0.717) is 24.9 Å². The number of amides is 1. The van der Waals surface area contributed by atoms with Gasteiger partial charge in [-0.25, -0.2) is 4.98 Å². The zero-order valence-electron chi connectivity index (χ0n) is 19.0. The number of thioether (sulfide) groups is 1. The van der Waals surface area contributed by atoms with Gasteiger partial charge in [0.2, 0.25) is 5.91 Å². The van der Waals surface area contributed by atoms with Crippen LogP contribution in [0.2, 0.25) is 0 Å². The Labute approximate surface area is 206 Å². The van der Waals surface area contributed by atoms with Gasteiger partial charge in [0.15, 0.2) is 16.1 Å². The number of anilines is 2. The molecule has 0 saturated carbocycles. The van der Waals surface area contributed by atoms with Crippen LogP contribution < -0.4 is 15.4 Å². The lowest BCUT2D eigenvalue weighted by Gasteiger charge is -2.09. The first-order valence-corrected chi connectivity index (χ1v) is 12.8. The van der Waals surface area contributed by atoms with Crippen LogP contribution in [0.15, 0.2) is 65.1 Å². The van der Waals surface area contributed by atoms with Crippen LogP contribution in [0.5, 0.6) is 5.75 Å². The van der Waals surface area contributed by atoms with E-state index in [2.05, 4.69) is 25.8 Å². The number of carbonyl (C=O) groups excluding carboxylic acids is 1. The summed E-state index contributed by atoms with van der Waals surface area (Å²) >= 11 is 2.92. The average molecular weight is 495 g/mol. The second-order valence-corrected chi connectivity index (χ2v) is 9.00. The maximum atomic E-state index is 12.4. The molecule has 0 aliphatic carbocycles. The molecule has 2 aromatic heterocycles. The van der Waals surface area contributed by atoms with Gasteiger partial charge in [-0.3, -0.25) is 4.79 Å². The maximum Gasteiger partial charge on any atom is 0.234 e. The summed E-state index contributed by atoms with van der Waals surface area (Å²) in [6, 6.07) is 17.4. The SMILES string of the molecule is CCOc1ccc(NC(=O)CSc2nnc(CNc3nc(-c4ccccc4)cs3)n2CC)cc1. The molecule has 0 aliphatic heterocycles. The van der Waals surface area contributed by atoms with Crippen LogP contribution in [0.4, 0.5) is 10.8 Å². The van der Waals surface area contributed by atoms with Crippen molar-refractivity contribution in [3.8, 4) is 17.0 Å². The van der Waals surface area contributed by atoms with Crippen molar-refractivity contribution in [1.29, 1.82) is 0 Å². The lowest BCUT2D eigenvalue weighted by atomic mass is 10.2. The lowest BCUT2D eigenvalue weighted by Crippen LogP contribution is -2.15. The molecule has 176 valence electrons. The summed E-state index contributed by atoms with van der Waals surface area (Å²) in [4.78, 5) is 17.0. The minimum atomic E-state index is -0.101. The van der Waals surface area contributed by atoms with Crippen molar-refractivity contribution in [1.82, 2.24) is 19.7 Å². The van der Waals surface area contributed by atoms with Crippen molar-refractivity contribution in [3.63, 3.8) is 0 Å². The van der Waals surface area contributed by atoms with E-state index in [1.54, 1.807) is 11.3 Å². The molecule has 8 nitrogen and oxygen atoms in total. The van der Waals surface area contributed by atoms with Gasteiger partial charge in [0.05, 0.1) is 24.6 Å². The van der Waals surface area contributed by atoms with Crippen molar-refractivity contribution in [2.24, 2.45) is 0 Å². The first kappa shape index (κ1) is 23.8. The average Bonchev–Trinajstić information content (AvgIpc) is 3.50. The Balaban J connectivity index is 1.30. The molecule has 4 aromatic rings. The van der Waals surface area contributed by atoms with Gasteiger partial charge in [-0.2, -0.15) is 0 Å². The predicted molar refractivity (Wildman–Crippen MR) is 138 cm³/mol. The minimum absolute atomic E-state index is 0.101. The molecule has 4 rings (SSSR count). The summed E-state index contributed by atoms with van der Waals surface area (Å²) < 4.78 is 7.43. The highest BCUT2D eigenvalue weighted by Crippen LogP contribution is 2.25. The highest BCUT2D eigenvalue weighted by atomic mass is 32.2. The first-order valence-electron chi connectivity index (χ1n) is 11.0. The number of thiazole rings is 1. The summed E-state index contributed by atoms with van der Waals surface area (Å²) in [6.07, 6.45) is 0. The second-order valence-electron chi connectivity index (χ2n) is 7.19. The Kier molecular flexibility index (Phi) is 8.16. The number of nitrogens with zero attached hydrogens (tertiary/aromatic N) is 4. The number of hydrogen-bond donors (Lipinski definition) is 2. The standard InChI is InChI=1S/C24H26N6O2S2/c1-3-30-21(14-25-23-27-20(15-33-23)17-8-6-5-7-9-17)28-29-24(30)34-16-22(31)26-18-10-12-19(13-11-18)32-4-2/h5-13,15H,3-4,14,16H2,1-2H3,(H,25,27)(H,26,31). The minimum Gasteiger partial charge on any atom is -0.494 e. The van der Waals surface area contributed by atoms with E-state index in [0.717, 1.165) is 33.7 Å². The molecule has 0 atom stereocenters. The Hall–Kier alpha value is -3.37. The second kappa shape index (κ2) is 11.7. The monoisotopic (exact) mass is 494 g/mol. The van der Waals surface area contributed by atoms with Gasteiger partial charge in [0, 0.05) is 23.2 Å². The number of hydrogen-bond acceptors (Lipinski definition) is 8. The van der Waals surface area contributed by atoms with Crippen LogP contribution in [0.1, 0.15) is 19.7 Å². The van der Waals surface area contributed by atoms with E-state index in [9.17, 15) is 4.79 Å². The molecule has 0 fully saturated rings. The third-order valence-corrected chi connectivity index (χ3v) is 6.63. The molecule has 10 heteroatoms. The maximum absolute atomic E-state index is 12.4. The molecule has 0 saturated heterocycles. The van der Waals surface area contributed by atoms with Crippen LogP contribution in [-0.4, -0.2) is 38.0 Å². The van der Waals surface area contributed by atoms with Gasteiger partial charge in [-0.05, 0) is 38.1 Å². The van der Waals surface area contributed by atoms with Crippen molar-refractivity contribution < 1.29 is 9.53 Å². The molecular formula is C24H26N6O2S2. The van der Waals surface area contributed by atoms with E-state index in [1.807, 2.05) is 78.4 Å². The fourth-order valence-electron chi connectivity index (χ4n) is 3.25. The number of ether oxygens (including phenoxy) is 1. The third kappa shape index (κ3) is 6.15. The highest BCUT2D eigenvalue weighted by molar-refractivity contribution is 7.99. The van der Waals surface area contributed by atoms with Crippen LogP contribution in [0.3, 0.4) is 0 Å². The summed E-state index contributed by atoms with van der Waals surface area (Å²) in [5, 5.41) is 18.4. The quantitative estimate of drug-likeness (QED) is 0.278. The fourth-order valence-corrected chi connectivity index (χ4v) is 4.79. The summed E-state index contributed by atoms with van der Waals surface area (Å²) in [5.74, 6) is 1.72. The molecule has 0 unspecified atom stereocenters. The van der Waals surface area contributed by atoms with Crippen molar-refractivity contribution in [3.05, 3.63) is 65.8 Å². The molecule has 1 amide bonds. The highest BCUT2D eigenvalue weighted by Gasteiger charge is 2.14. The van der Waals surface area contributed by atoms with Gasteiger partial charge in [0.25, 0.3) is 0 Å². The summed E-state index contributed by atoms with van der Waals surface area (Å²) in [5.41, 5.74) is 2.76. The van der Waals surface area contributed by atoms with E-state index in [1.165, 1.54) is 11.8 Å². The number of carbonyl (C=O) groups is 1. The molecule has 0 spiro atoms. The number of benzene rings is 2. The van der Waals surface area contributed by atoms with Gasteiger partial charge < -0.3 is 19.9 Å². The zero-order valence-corrected chi connectivity index (χ0v) is 20.7. The van der Waals surface area contributed by atoms with E-state index in [4.69, 9.17) is 4.74 Å². The molecule has 34 heavy (non-hydrogen) atoms. The first-order chi connectivity index (χ1) is 16.7. The molecule has 0 radical (unpaired) electrons. The van der Waals surface area contributed by atoms with Crippen LogP contribution in [-0.2, 0) is 17.9 Å². The number of rotatable bonds is 11. The van der Waals surface area contributed by atoms with Crippen molar-refractivity contribution in [2.75, 3.05) is 23.0 Å². The zero-order chi connectivity index (χ0) is 23.8. The molecule has 2 aromatic carbocycles. The van der Waals surface area contributed by atoms with Crippen molar-refractivity contribution in [2.45, 2.75) is 32.1 Å². The Morgan fingerprint density at radius 3 is 2.62 bits per heavy atom. The van der Waals surface area contributed by atoms with E-state index in [-0.39, 0.29) is 11.7 Å². The fraction of sp³-hybridized carbons (Fsp3) is 0.250. The molecule has 2 N–H and O–H groups in total. The topological polar surface area (TPSA) is 94.0 Å². The number of aromatic nitrogens is 4. The molecule has 2 heterocycles. The van der Waals surface area contributed by atoms with Crippen LogP contribution in [0.25, 0.3) is 11.3 Å². The third-order valence-electron chi connectivity index (χ3n) is 4.86. The normalized spacial score (nSPS) is 10.8. The Morgan fingerprint density at radius 1 is 1.09 bits per heavy atom. The lowest BCUT2D eigenvalue weighted by molar-refractivity contribution is -0.113. The Morgan fingerprint density at radius 2 is 1.88 bits per heavy atom. The molecule has 0 bridgehead atoms. The van der Waals surface area contributed by atoms with Crippen LogP contribution >= 0.6 is 23.1 Å². The Bertz CT molecular complexity index is 1210. The van der Waals surface area contributed by atoms with Gasteiger partial charge in [0.1, 0.15) is 5.75 Å². The van der Waals surface area contributed by atoms with Gasteiger partial charge in [-0.15, -0.1) is 21.5 Å².